The van der Waals surface area contributed by atoms with Gasteiger partial charge in [-0.25, -0.2) is 4.98 Å². The van der Waals surface area contributed by atoms with Gasteiger partial charge in [0, 0.05) is 13.5 Å². The summed E-state index contributed by atoms with van der Waals surface area (Å²) >= 11 is 0. The molecule has 0 spiro atoms. The molecule has 0 atom stereocenters. The van der Waals surface area contributed by atoms with Gasteiger partial charge in [0.05, 0.1) is 6.20 Å². The van der Waals surface area contributed by atoms with Gasteiger partial charge in [-0.05, 0) is 19.4 Å². The predicted molar refractivity (Wildman–Crippen MR) is 63.2 cm³/mol. The number of nitrogens with zero attached hydrogens (tertiary/aromatic N) is 2. The van der Waals surface area contributed by atoms with Crippen molar-refractivity contribution in [3.8, 4) is 0 Å². The van der Waals surface area contributed by atoms with Crippen LogP contribution in [0.1, 0.15) is 35.4 Å². The second-order valence-corrected chi connectivity index (χ2v) is 3.84. The van der Waals surface area contributed by atoms with Gasteiger partial charge in [-0.1, -0.05) is 6.42 Å². The first kappa shape index (κ1) is 13.4. The van der Waals surface area contributed by atoms with Crippen molar-refractivity contribution in [2.24, 2.45) is 5.73 Å². The highest BCUT2D eigenvalue weighted by molar-refractivity contribution is 5.91. The van der Waals surface area contributed by atoms with Crippen LogP contribution in [0.25, 0.3) is 0 Å². The van der Waals surface area contributed by atoms with Crippen LogP contribution in [0.15, 0.2) is 12.4 Å². The number of nitrogens with one attached hydrogen (secondary N) is 1. The normalized spacial score (nSPS) is 10.2. The van der Waals surface area contributed by atoms with Crippen molar-refractivity contribution in [2.75, 3.05) is 13.1 Å². The van der Waals surface area contributed by atoms with E-state index in [1.807, 2.05) is 0 Å². The van der Waals surface area contributed by atoms with Crippen molar-refractivity contribution < 1.29 is 9.52 Å². The lowest BCUT2D eigenvalue weighted by Gasteiger charge is -2.05. The average molecular weight is 238 g/mol. The van der Waals surface area contributed by atoms with Gasteiger partial charge < -0.3 is 16.3 Å². The molecular weight excluding hydrogens is 220 g/mol. The summed E-state index contributed by atoms with van der Waals surface area (Å²) in [6.45, 7) is 2.88. The fourth-order valence-corrected chi connectivity index (χ4v) is 1.32. The van der Waals surface area contributed by atoms with Crippen LogP contribution in [0, 0.1) is 12.1 Å². The summed E-state index contributed by atoms with van der Waals surface area (Å²) in [6, 6.07) is 0. The molecule has 17 heavy (non-hydrogen) atoms. The molecule has 1 heterocycles. The summed E-state index contributed by atoms with van der Waals surface area (Å²) in [7, 11) is 0. The molecule has 1 aromatic heterocycles. The van der Waals surface area contributed by atoms with E-state index in [1.54, 1.807) is 6.92 Å². The Kier molecular flexibility index (Phi) is 5.35. The number of aryl methyl sites for hydroxylation is 1. The van der Waals surface area contributed by atoms with E-state index in [1.165, 1.54) is 12.4 Å². The van der Waals surface area contributed by atoms with Crippen molar-refractivity contribution in [1.82, 2.24) is 10.3 Å². The standard InChI is InChI=1S/C11H18N4O2/c1-9-7-14-10(8-15(9)17)11(16)13-6-4-2-3-5-12/h7-8H,2-6,12H2,1H3,(H,13,16). The second-order valence-electron chi connectivity index (χ2n) is 3.84. The third-order valence-corrected chi connectivity index (χ3v) is 2.38. The molecule has 0 saturated heterocycles. The van der Waals surface area contributed by atoms with E-state index in [-0.39, 0.29) is 11.6 Å². The molecule has 0 unspecified atom stereocenters. The molecule has 6 nitrogen and oxygen atoms in total. The molecule has 94 valence electrons. The zero-order valence-corrected chi connectivity index (χ0v) is 9.98. The van der Waals surface area contributed by atoms with Crippen molar-refractivity contribution in [3.63, 3.8) is 0 Å². The fourth-order valence-electron chi connectivity index (χ4n) is 1.32. The number of nitrogens with two attached hydrogens (primary N) is 1. The van der Waals surface area contributed by atoms with Gasteiger partial charge in [-0.3, -0.25) is 4.79 Å². The molecule has 6 heteroatoms. The smallest absolute Gasteiger partial charge is 0.276 e. The summed E-state index contributed by atoms with van der Waals surface area (Å²) in [4.78, 5) is 15.5. The molecular formula is C11H18N4O2. The Labute approximate surface area is 100 Å². The van der Waals surface area contributed by atoms with Gasteiger partial charge in [0.15, 0.2) is 5.69 Å². The first-order valence-corrected chi connectivity index (χ1v) is 5.69. The lowest BCUT2D eigenvalue weighted by molar-refractivity contribution is -0.613. The van der Waals surface area contributed by atoms with Crippen molar-refractivity contribution in [3.05, 3.63) is 29.0 Å². The topological polar surface area (TPSA) is 95.0 Å². The van der Waals surface area contributed by atoms with Crippen molar-refractivity contribution in [2.45, 2.75) is 26.2 Å². The lowest BCUT2D eigenvalue weighted by Crippen LogP contribution is -2.34. The van der Waals surface area contributed by atoms with Gasteiger partial charge in [-0.15, -0.1) is 0 Å². The molecule has 0 aromatic carbocycles. The van der Waals surface area contributed by atoms with E-state index in [2.05, 4.69) is 10.3 Å². The van der Waals surface area contributed by atoms with Crippen LogP contribution < -0.4 is 15.8 Å². The van der Waals surface area contributed by atoms with Gasteiger partial charge in [0.1, 0.15) is 0 Å². The molecule has 3 N–H and O–H groups in total. The first-order valence-electron chi connectivity index (χ1n) is 5.69. The van der Waals surface area contributed by atoms with Crippen LogP contribution in [0.4, 0.5) is 0 Å². The number of carbonyl (C=O) groups is 1. The largest absolute Gasteiger partial charge is 0.618 e. The minimum atomic E-state index is -0.317. The molecule has 0 aliphatic heterocycles. The third kappa shape index (κ3) is 4.36. The summed E-state index contributed by atoms with van der Waals surface area (Å²) in [6.07, 6.45) is 5.39. The van der Waals surface area contributed by atoms with Crippen LogP contribution in [0.3, 0.4) is 0 Å². The number of hydrogen-bond donors (Lipinski definition) is 2. The van der Waals surface area contributed by atoms with E-state index >= 15 is 0 Å². The maximum absolute atomic E-state index is 11.6. The van der Waals surface area contributed by atoms with Crippen LogP contribution in [-0.2, 0) is 0 Å². The maximum Gasteiger partial charge on any atom is 0.276 e. The molecule has 1 rings (SSSR count). The fraction of sp³-hybridized carbons (Fsp3) is 0.545. The molecule has 0 radical (unpaired) electrons. The molecule has 1 aromatic rings. The number of aromatic nitrogens is 2. The molecule has 1 amide bonds. The highest BCUT2D eigenvalue weighted by Crippen LogP contribution is 1.94. The van der Waals surface area contributed by atoms with E-state index in [0.717, 1.165) is 19.3 Å². The first-order chi connectivity index (χ1) is 8.15. The van der Waals surface area contributed by atoms with Crippen LogP contribution in [0.5, 0.6) is 0 Å². The molecule has 0 aliphatic carbocycles. The van der Waals surface area contributed by atoms with Gasteiger partial charge in [0.25, 0.3) is 5.91 Å². The second kappa shape index (κ2) is 6.80. The monoisotopic (exact) mass is 238 g/mol. The summed E-state index contributed by atoms with van der Waals surface area (Å²) < 4.78 is 0.635. The van der Waals surface area contributed by atoms with E-state index in [0.29, 0.717) is 23.5 Å². The number of amides is 1. The van der Waals surface area contributed by atoms with Crippen LogP contribution in [0.2, 0.25) is 0 Å². The van der Waals surface area contributed by atoms with Gasteiger partial charge in [0.2, 0.25) is 11.9 Å². The predicted octanol–water partition coefficient (Wildman–Crippen LogP) is -0.118. The van der Waals surface area contributed by atoms with E-state index in [9.17, 15) is 10.0 Å². The lowest BCUT2D eigenvalue weighted by atomic mass is 10.2. The Morgan fingerprint density at radius 1 is 1.53 bits per heavy atom. The minimum Gasteiger partial charge on any atom is -0.618 e. The Morgan fingerprint density at radius 3 is 2.94 bits per heavy atom. The van der Waals surface area contributed by atoms with Crippen LogP contribution >= 0.6 is 0 Å². The Bertz CT molecular complexity index is 382. The van der Waals surface area contributed by atoms with Gasteiger partial charge >= 0.3 is 0 Å². The summed E-state index contributed by atoms with van der Waals surface area (Å²) in [5, 5.41) is 14.0. The zero-order chi connectivity index (χ0) is 12.7. The quantitative estimate of drug-likeness (QED) is 0.410. The maximum atomic E-state index is 11.6. The number of rotatable bonds is 6. The minimum absolute atomic E-state index is 0.143. The average Bonchev–Trinajstić information content (AvgIpc) is 2.32. The Balaban J connectivity index is 2.39. The molecule has 0 fully saturated rings. The van der Waals surface area contributed by atoms with Crippen LogP contribution in [-0.4, -0.2) is 24.0 Å². The van der Waals surface area contributed by atoms with Gasteiger partial charge in [-0.2, -0.15) is 4.73 Å². The van der Waals surface area contributed by atoms with Crippen molar-refractivity contribution in [1.29, 1.82) is 0 Å². The zero-order valence-electron chi connectivity index (χ0n) is 9.98. The Hall–Kier alpha value is -1.69. The summed E-state index contributed by atoms with van der Waals surface area (Å²) in [5.41, 5.74) is 5.96. The van der Waals surface area contributed by atoms with Crippen molar-refractivity contribution >= 4 is 5.91 Å². The number of carbonyl (C=O) groups excluding carboxylic acids is 1. The molecule has 0 bridgehead atoms. The highest BCUT2D eigenvalue weighted by atomic mass is 16.5. The number of unbranched alkanes of at least 4 members (excludes halogenated alkanes) is 2. The number of hydrogen-bond acceptors (Lipinski definition) is 4. The molecule has 0 saturated carbocycles. The third-order valence-electron chi connectivity index (χ3n) is 2.38. The Morgan fingerprint density at radius 2 is 2.29 bits per heavy atom. The van der Waals surface area contributed by atoms with E-state index < -0.39 is 0 Å². The summed E-state index contributed by atoms with van der Waals surface area (Å²) in [5.74, 6) is -0.317. The molecule has 0 aliphatic rings. The SMILES string of the molecule is Cc1cnc(C(=O)NCCCCCN)c[n+]1[O-]. The van der Waals surface area contributed by atoms with E-state index in [4.69, 9.17) is 5.73 Å². The highest BCUT2D eigenvalue weighted by Gasteiger charge is 2.11.